The third-order valence-corrected chi connectivity index (χ3v) is 2.61. The van der Waals surface area contributed by atoms with Crippen molar-refractivity contribution in [2.75, 3.05) is 13.1 Å². The van der Waals surface area contributed by atoms with Gasteiger partial charge in [-0.05, 0) is 31.0 Å². The summed E-state index contributed by atoms with van der Waals surface area (Å²) in [5.74, 6) is 0. The molecule has 0 bridgehead atoms. The predicted octanol–water partition coefficient (Wildman–Crippen LogP) is 2.19. The molecular weight excluding hydrogens is 281 g/mol. The van der Waals surface area contributed by atoms with Crippen molar-refractivity contribution in [1.82, 2.24) is 15.6 Å². The molecule has 0 amide bonds. The van der Waals surface area contributed by atoms with Gasteiger partial charge in [0.15, 0.2) is 0 Å². The zero-order chi connectivity index (χ0) is 9.64. The van der Waals surface area contributed by atoms with Crippen molar-refractivity contribution in [2.45, 2.75) is 25.4 Å². The van der Waals surface area contributed by atoms with E-state index >= 15 is 0 Å². The van der Waals surface area contributed by atoms with Gasteiger partial charge >= 0.3 is 0 Å². The second-order valence-electron chi connectivity index (χ2n) is 3.79. The van der Waals surface area contributed by atoms with Gasteiger partial charge < -0.3 is 10.6 Å². The minimum atomic E-state index is 0. The van der Waals surface area contributed by atoms with Crippen LogP contribution in [-0.2, 0) is 6.54 Å². The SMILES string of the molecule is Cl.Cl.Cl.c1cncc(CNC2CCCNC2)c1. The van der Waals surface area contributed by atoms with Crippen LogP contribution in [-0.4, -0.2) is 24.1 Å². The molecule has 0 saturated carbocycles. The Balaban J connectivity index is 0. The van der Waals surface area contributed by atoms with Gasteiger partial charge in [-0.25, -0.2) is 0 Å². The van der Waals surface area contributed by atoms with Crippen molar-refractivity contribution in [3.63, 3.8) is 0 Å². The van der Waals surface area contributed by atoms with Crippen LogP contribution < -0.4 is 10.6 Å². The summed E-state index contributed by atoms with van der Waals surface area (Å²) in [7, 11) is 0. The fraction of sp³-hybridized carbons (Fsp3) is 0.545. The molecule has 1 aliphatic heterocycles. The molecule has 0 spiro atoms. The minimum Gasteiger partial charge on any atom is -0.315 e. The summed E-state index contributed by atoms with van der Waals surface area (Å²) in [5, 5.41) is 6.93. The van der Waals surface area contributed by atoms with Crippen LogP contribution >= 0.6 is 37.2 Å². The van der Waals surface area contributed by atoms with Gasteiger partial charge in [0.25, 0.3) is 0 Å². The van der Waals surface area contributed by atoms with Gasteiger partial charge in [0, 0.05) is 31.5 Å². The van der Waals surface area contributed by atoms with E-state index in [9.17, 15) is 0 Å². The van der Waals surface area contributed by atoms with E-state index in [0.717, 1.165) is 13.1 Å². The monoisotopic (exact) mass is 299 g/mol. The summed E-state index contributed by atoms with van der Waals surface area (Å²) in [4.78, 5) is 4.09. The maximum Gasteiger partial charge on any atom is 0.0312 e. The Labute approximate surface area is 121 Å². The van der Waals surface area contributed by atoms with Gasteiger partial charge in [0.2, 0.25) is 0 Å². The molecule has 1 unspecified atom stereocenters. The molecule has 2 rings (SSSR count). The summed E-state index contributed by atoms with van der Waals surface area (Å²) in [6, 6.07) is 4.72. The van der Waals surface area contributed by atoms with E-state index in [1.165, 1.54) is 24.9 Å². The van der Waals surface area contributed by atoms with Crippen LogP contribution in [0.4, 0.5) is 0 Å². The molecule has 17 heavy (non-hydrogen) atoms. The highest BCUT2D eigenvalue weighted by molar-refractivity contribution is 5.86. The molecule has 1 aliphatic rings. The quantitative estimate of drug-likeness (QED) is 0.898. The minimum absolute atomic E-state index is 0. The average molecular weight is 301 g/mol. The molecule has 1 aromatic rings. The van der Waals surface area contributed by atoms with E-state index in [-0.39, 0.29) is 37.2 Å². The zero-order valence-corrected chi connectivity index (χ0v) is 12.0. The standard InChI is InChI=1S/C11H17N3.3ClH/c1-3-10(7-12-5-1)8-14-11-4-2-6-13-9-11;;;/h1,3,5,7,11,13-14H,2,4,6,8-9H2;3*1H. The Morgan fingerprint density at radius 3 is 2.76 bits per heavy atom. The largest absolute Gasteiger partial charge is 0.315 e. The summed E-state index contributed by atoms with van der Waals surface area (Å²) in [5.41, 5.74) is 1.26. The van der Waals surface area contributed by atoms with Crippen molar-refractivity contribution >= 4 is 37.2 Å². The number of rotatable bonds is 3. The Hall–Kier alpha value is -0.0600. The fourth-order valence-corrected chi connectivity index (χ4v) is 1.79. The first kappa shape index (κ1) is 19.3. The average Bonchev–Trinajstić information content (AvgIpc) is 2.29. The van der Waals surface area contributed by atoms with Gasteiger partial charge in [-0.15, -0.1) is 37.2 Å². The number of hydrogen-bond donors (Lipinski definition) is 2. The number of nitrogens with one attached hydrogen (secondary N) is 2. The second kappa shape index (κ2) is 11.1. The highest BCUT2D eigenvalue weighted by Gasteiger charge is 2.11. The van der Waals surface area contributed by atoms with E-state index in [1.807, 2.05) is 18.5 Å². The molecule has 2 heterocycles. The summed E-state index contributed by atoms with van der Waals surface area (Å²) in [6.45, 7) is 3.20. The topological polar surface area (TPSA) is 37.0 Å². The first-order valence-corrected chi connectivity index (χ1v) is 5.28. The number of aromatic nitrogens is 1. The van der Waals surface area contributed by atoms with Crippen molar-refractivity contribution in [3.05, 3.63) is 30.1 Å². The Morgan fingerprint density at radius 1 is 1.35 bits per heavy atom. The molecular formula is C11H20Cl3N3. The van der Waals surface area contributed by atoms with Crippen LogP contribution in [0.15, 0.2) is 24.5 Å². The number of pyridine rings is 1. The second-order valence-corrected chi connectivity index (χ2v) is 3.79. The summed E-state index contributed by atoms with van der Waals surface area (Å²) >= 11 is 0. The van der Waals surface area contributed by atoms with Crippen LogP contribution in [0.25, 0.3) is 0 Å². The molecule has 1 fully saturated rings. The van der Waals surface area contributed by atoms with E-state index in [2.05, 4.69) is 21.7 Å². The molecule has 0 aromatic carbocycles. The third kappa shape index (κ3) is 7.06. The molecule has 0 aliphatic carbocycles. The zero-order valence-electron chi connectivity index (χ0n) is 9.59. The Morgan fingerprint density at radius 2 is 2.18 bits per heavy atom. The number of halogens is 3. The first-order valence-electron chi connectivity index (χ1n) is 5.28. The van der Waals surface area contributed by atoms with Crippen molar-refractivity contribution < 1.29 is 0 Å². The highest BCUT2D eigenvalue weighted by atomic mass is 35.5. The Bertz CT molecular complexity index is 266. The first-order chi connectivity index (χ1) is 6.95. The molecule has 100 valence electrons. The number of nitrogens with zero attached hydrogens (tertiary/aromatic N) is 1. The van der Waals surface area contributed by atoms with E-state index < -0.39 is 0 Å². The molecule has 1 atom stereocenters. The molecule has 1 aromatic heterocycles. The van der Waals surface area contributed by atoms with E-state index in [1.54, 1.807) is 0 Å². The van der Waals surface area contributed by atoms with E-state index in [4.69, 9.17) is 0 Å². The molecule has 3 nitrogen and oxygen atoms in total. The summed E-state index contributed by atoms with van der Waals surface area (Å²) < 4.78 is 0. The lowest BCUT2D eigenvalue weighted by Gasteiger charge is -2.23. The van der Waals surface area contributed by atoms with Crippen LogP contribution in [0.2, 0.25) is 0 Å². The fourth-order valence-electron chi connectivity index (χ4n) is 1.79. The van der Waals surface area contributed by atoms with Crippen molar-refractivity contribution in [1.29, 1.82) is 0 Å². The Kier molecular flexibility index (Phi) is 12.5. The maximum absolute atomic E-state index is 4.09. The molecule has 0 radical (unpaired) electrons. The van der Waals surface area contributed by atoms with Gasteiger partial charge in [-0.1, -0.05) is 6.07 Å². The lowest BCUT2D eigenvalue weighted by molar-refractivity contribution is 0.389. The molecule has 1 saturated heterocycles. The normalized spacial score (nSPS) is 18.2. The summed E-state index contributed by atoms with van der Waals surface area (Å²) in [6.07, 6.45) is 6.30. The van der Waals surface area contributed by atoms with Crippen molar-refractivity contribution in [2.24, 2.45) is 0 Å². The predicted molar refractivity (Wildman–Crippen MR) is 78.7 cm³/mol. The maximum atomic E-state index is 4.09. The van der Waals surface area contributed by atoms with Gasteiger partial charge in [0.1, 0.15) is 0 Å². The van der Waals surface area contributed by atoms with Crippen LogP contribution in [0, 0.1) is 0 Å². The van der Waals surface area contributed by atoms with Crippen LogP contribution in [0.1, 0.15) is 18.4 Å². The number of hydrogen-bond acceptors (Lipinski definition) is 3. The van der Waals surface area contributed by atoms with Crippen LogP contribution in [0.5, 0.6) is 0 Å². The van der Waals surface area contributed by atoms with Crippen LogP contribution in [0.3, 0.4) is 0 Å². The lowest BCUT2D eigenvalue weighted by Crippen LogP contribution is -2.42. The highest BCUT2D eigenvalue weighted by Crippen LogP contribution is 2.03. The molecule has 6 heteroatoms. The van der Waals surface area contributed by atoms with Gasteiger partial charge in [0.05, 0.1) is 0 Å². The van der Waals surface area contributed by atoms with Gasteiger partial charge in [-0.2, -0.15) is 0 Å². The molecule has 2 N–H and O–H groups in total. The van der Waals surface area contributed by atoms with Crippen molar-refractivity contribution in [3.8, 4) is 0 Å². The lowest BCUT2D eigenvalue weighted by atomic mass is 10.1. The van der Waals surface area contributed by atoms with E-state index in [0.29, 0.717) is 6.04 Å². The number of piperidine rings is 1. The smallest absolute Gasteiger partial charge is 0.0312 e. The van der Waals surface area contributed by atoms with Gasteiger partial charge in [-0.3, -0.25) is 4.98 Å². The third-order valence-electron chi connectivity index (χ3n) is 2.61.